The maximum Gasteiger partial charge on any atom is 0.246 e. The van der Waals surface area contributed by atoms with Crippen molar-refractivity contribution in [3.05, 3.63) is 24.8 Å². The largest absolute Gasteiger partial charge is 0.332 e. The highest BCUT2D eigenvalue weighted by Gasteiger charge is 2.60. The van der Waals surface area contributed by atoms with Gasteiger partial charge in [-0.1, -0.05) is 52.2 Å². The highest BCUT2D eigenvalue weighted by molar-refractivity contribution is 5.89. The van der Waals surface area contributed by atoms with E-state index < -0.39 is 0 Å². The number of amides is 1. The van der Waals surface area contributed by atoms with Crippen molar-refractivity contribution in [1.82, 2.24) is 4.90 Å². The Morgan fingerprint density at radius 3 is 2.71 bits per heavy atom. The van der Waals surface area contributed by atoms with Gasteiger partial charge in [0.25, 0.3) is 0 Å². The van der Waals surface area contributed by atoms with Crippen LogP contribution in [0.4, 0.5) is 0 Å². The fraction of sp³-hybridized carbons (Fsp3) is 0.808. The number of hydrogen-bond acceptors (Lipinski definition) is 1. The molecule has 7 atom stereocenters. The van der Waals surface area contributed by atoms with Gasteiger partial charge in [-0.05, 0) is 80.1 Å². The van der Waals surface area contributed by atoms with E-state index in [1.54, 1.807) is 0 Å². The summed E-state index contributed by atoms with van der Waals surface area (Å²) >= 11 is 0. The highest BCUT2D eigenvalue weighted by Crippen LogP contribution is 2.66. The maximum atomic E-state index is 12.5. The second kappa shape index (κ2) is 7.65. The summed E-state index contributed by atoms with van der Waals surface area (Å²) < 4.78 is 0. The SMILES string of the molecule is C=CCN1C(=O)C=C[C@]2(C)[C@H]3CC[C@]4(C)[C@@H](CCCCC)CC[C@H]4[C@@H]3CC[C@@H]12. The summed E-state index contributed by atoms with van der Waals surface area (Å²) in [4.78, 5) is 14.6. The van der Waals surface area contributed by atoms with Gasteiger partial charge in [0.1, 0.15) is 0 Å². The van der Waals surface area contributed by atoms with Crippen LogP contribution in [0.25, 0.3) is 0 Å². The summed E-state index contributed by atoms with van der Waals surface area (Å²) in [5.74, 6) is 3.67. The van der Waals surface area contributed by atoms with Gasteiger partial charge in [0.05, 0.1) is 0 Å². The fourth-order valence-electron chi connectivity index (χ4n) is 8.18. The van der Waals surface area contributed by atoms with Crippen molar-refractivity contribution in [2.75, 3.05) is 6.54 Å². The van der Waals surface area contributed by atoms with E-state index in [1.165, 1.54) is 64.2 Å². The van der Waals surface area contributed by atoms with Crippen molar-refractivity contribution in [1.29, 1.82) is 0 Å². The van der Waals surface area contributed by atoms with E-state index in [0.29, 0.717) is 18.0 Å². The van der Waals surface area contributed by atoms with Crippen LogP contribution in [0, 0.1) is 34.5 Å². The molecule has 0 bridgehead atoms. The molecule has 28 heavy (non-hydrogen) atoms. The standard InChI is InChI=1S/C26H41NO/c1-5-7-8-9-19-10-12-21-20-11-13-23-26(4,22(20)14-16-25(19,21)3)17-15-24(28)27(23)18-6-2/h6,15,17,19-23H,2,5,7-14,16,18H2,1,3-4H3/t19-,20-,21-,22-,23+,25+,26+/m0/s1. The Bertz CT molecular complexity index is 638. The van der Waals surface area contributed by atoms with E-state index in [9.17, 15) is 4.79 Å². The Morgan fingerprint density at radius 1 is 1.14 bits per heavy atom. The normalized spacial score (nSPS) is 44.8. The summed E-state index contributed by atoms with van der Waals surface area (Å²) in [6.07, 6.45) is 19.9. The number of unbranched alkanes of at least 4 members (excludes halogenated alkanes) is 2. The Hall–Kier alpha value is -1.05. The van der Waals surface area contributed by atoms with Crippen molar-refractivity contribution >= 4 is 5.91 Å². The van der Waals surface area contributed by atoms with Crippen molar-refractivity contribution in [2.45, 2.75) is 91.0 Å². The number of rotatable bonds is 6. The van der Waals surface area contributed by atoms with Gasteiger partial charge in [-0.2, -0.15) is 0 Å². The van der Waals surface area contributed by atoms with Gasteiger partial charge >= 0.3 is 0 Å². The van der Waals surface area contributed by atoms with Crippen LogP contribution in [0.15, 0.2) is 24.8 Å². The number of carbonyl (C=O) groups is 1. The Morgan fingerprint density at radius 2 is 1.96 bits per heavy atom. The molecule has 4 aliphatic rings. The van der Waals surface area contributed by atoms with Crippen LogP contribution in [0.1, 0.15) is 85.0 Å². The average Bonchev–Trinajstić information content (AvgIpc) is 3.01. The Balaban J connectivity index is 1.56. The Labute approximate surface area is 172 Å². The van der Waals surface area contributed by atoms with E-state index in [4.69, 9.17) is 0 Å². The minimum absolute atomic E-state index is 0.154. The van der Waals surface area contributed by atoms with Gasteiger partial charge in [0, 0.05) is 18.0 Å². The first-order valence-electron chi connectivity index (χ1n) is 12.1. The van der Waals surface area contributed by atoms with Gasteiger partial charge in [0.15, 0.2) is 0 Å². The summed E-state index contributed by atoms with van der Waals surface area (Å²) in [5, 5.41) is 0. The highest BCUT2D eigenvalue weighted by atomic mass is 16.2. The zero-order chi connectivity index (χ0) is 19.9. The first-order valence-corrected chi connectivity index (χ1v) is 12.1. The molecule has 1 heterocycles. The number of nitrogens with zero attached hydrogens (tertiary/aromatic N) is 1. The third-order valence-corrected chi connectivity index (χ3v) is 9.65. The lowest BCUT2D eigenvalue weighted by Crippen LogP contribution is -2.60. The van der Waals surface area contributed by atoms with Crippen molar-refractivity contribution in [2.24, 2.45) is 34.5 Å². The van der Waals surface area contributed by atoms with Crippen LogP contribution >= 0.6 is 0 Å². The van der Waals surface area contributed by atoms with Crippen LogP contribution in [0.2, 0.25) is 0 Å². The molecule has 4 rings (SSSR count). The zero-order valence-electron chi connectivity index (χ0n) is 18.5. The van der Waals surface area contributed by atoms with Gasteiger partial charge in [-0.3, -0.25) is 4.79 Å². The molecule has 1 amide bonds. The molecule has 2 heteroatoms. The van der Waals surface area contributed by atoms with Crippen molar-refractivity contribution in [3.63, 3.8) is 0 Å². The summed E-state index contributed by atoms with van der Waals surface area (Å²) in [6.45, 7) is 12.0. The van der Waals surface area contributed by atoms with Crippen LogP contribution in [-0.4, -0.2) is 23.4 Å². The molecular weight excluding hydrogens is 342 g/mol. The van der Waals surface area contributed by atoms with Crippen LogP contribution in [0.5, 0.6) is 0 Å². The van der Waals surface area contributed by atoms with E-state index in [0.717, 1.165) is 23.7 Å². The number of hydrogen-bond donors (Lipinski definition) is 0. The molecule has 0 N–H and O–H groups in total. The van der Waals surface area contributed by atoms with Crippen molar-refractivity contribution in [3.8, 4) is 0 Å². The molecule has 0 aromatic carbocycles. The summed E-state index contributed by atoms with van der Waals surface area (Å²) in [6, 6.07) is 0.371. The average molecular weight is 384 g/mol. The molecule has 0 saturated heterocycles. The second-order valence-electron chi connectivity index (χ2n) is 10.8. The van der Waals surface area contributed by atoms with Crippen LogP contribution in [-0.2, 0) is 4.79 Å². The molecule has 2 nitrogen and oxygen atoms in total. The third kappa shape index (κ3) is 3.01. The first-order chi connectivity index (χ1) is 13.5. The minimum Gasteiger partial charge on any atom is -0.332 e. The molecule has 3 fully saturated rings. The Kier molecular flexibility index (Phi) is 5.53. The molecule has 0 radical (unpaired) electrons. The smallest absolute Gasteiger partial charge is 0.246 e. The summed E-state index contributed by atoms with van der Waals surface area (Å²) in [7, 11) is 0. The predicted octanol–water partition coefficient (Wildman–Crippen LogP) is 6.38. The lowest BCUT2D eigenvalue weighted by Gasteiger charge is -2.60. The van der Waals surface area contributed by atoms with Gasteiger partial charge in [-0.15, -0.1) is 6.58 Å². The predicted molar refractivity (Wildman–Crippen MR) is 117 cm³/mol. The quantitative estimate of drug-likeness (QED) is 0.385. The molecule has 1 aliphatic heterocycles. The van der Waals surface area contributed by atoms with Gasteiger partial charge in [-0.25, -0.2) is 0 Å². The third-order valence-electron chi connectivity index (χ3n) is 9.65. The first kappa shape index (κ1) is 20.2. The molecule has 0 unspecified atom stereocenters. The van der Waals surface area contributed by atoms with Crippen LogP contribution < -0.4 is 0 Å². The second-order valence-corrected chi connectivity index (χ2v) is 10.8. The number of carbonyl (C=O) groups excluding carboxylic acids is 1. The maximum absolute atomic E-state index is 12.5. The number of fused-ring (bicyclic) bond motifs is 5. The molecule has 0 spiro atoms. The van der Waals surface area contributed by atoms with E-state index in [2.05, 4.69) is 38.3 Å². The molecule has 3 aliphatic carbocycles. The van der Waals surface area contributed by atoms with E-state index in [1.807, 2.05) is 12.2 Å². The molecular formula is C26H41NO. The molecule has 0 aromatic rings. The van der Waals surface area contributed by atoms with Gasteiger partial charge < -0.3 is 4.90 Å². The van der Waals surface area contributed by atoms with Gasteiger partial charge in [0.2, 0.25) is 5.91 Å². The van der Waals surface area contributed by atoms with Crippen LogP contribution in [0.3, 0.4) is 0 Å². The van der Waals surface area contributed by atoms with E-state index >= 15 is 0 Å². The van der Waals surface area contributed by atoms with Crippen molar-refractivity contribution < 1.29 is 4.79 Å². The minimum atomic E-state index is 0.154. The van der Waals surface area contributed by atoms with E-state index in [-0.39, 0.29) is 11.3 Å². The molecule has 0 aromatic heterocycles. The lowest BCUT2D eigenvalue weighted by atomic mass is 9.47. The molecule has 156 valence electrons. The monoisotopic (exact) mass is 383 g/mol. The fourth-order valence-corrected chi connectivity index (χ4v) is 8.18. The topological polar surface area (TPSA) is 20.3 Å². The zero-order valence-corrected chi connectivity index (χ0v) is 18.5. The molecule has 3 saturated carbocycles. The lowest BCUT2D eigenvalue weighted by molar-refractivity contribution is -0.140. The summed E-state index contributed by atoms with van der Waals surface area (Å²) in [5.41, 5.74) is 0.731.